The first-order chi connectivity index (χ1) is 10.6. The number of nitrogens with zero attached hydrogens (tertiary/aromatic N) is 1. The van der Waals surface area contributed by atoms with Crippen LogP contribution in [0.4, 0.5) is 8.78 Å². The van der Waals surface area contributed by atoms with Crippen LogP contribution in [0.3, 0.4) is 0 Å². The van der Waals surface area contributed by atoms with Crippen molar-refractivity contribution in [3.05, 3.63) is 65.5 Å². The van der Waals surface area contributed by atoms with Crippen LogP contribution in [0.15, 0.2) is 42.6 Å². The molecular weight excluding hydrogens is 288 g/mol. The number of Topliss-reactive ketones (excluding diaryl/α,β-unsaturated/α-hetero) is 1. The lowest BCUT2D eigenvalue weighted by atomic mass is 9.70. The summed E-state index contributed by atoms with van der Waals surface area (Å²) in [7, 11) is 0. The summed E-state index contributed by atoms with van der Waals surface area (Å²) < 4.78 is 32.2. The third kappa shape index (κ3) is 2.52. The van der Waals surface area contributed by atoms with Gasteiger partial charge in [-0.15, -0.1) is 0 Å². The summed E-state index contributed by atoms with van der Waals surface area (Å²) in [6.07, 6.45) is 2.40. The Morgan fingerprint density at radius 2 is 1.86 bits per heavy atom. The Bertz CT molecular complexity index is 682. The van der Waals surface area contributed by atoms with Crippen LogP contribution in [-0.4, -0.2) is 24.0 Å². The highest BCUT2D eigenvalue weighted by molar-refractivity contribution is 6.02. The Balaban J connectivity index is 2.08. The summed E-state index contributed by atoms with van der Waals surface area (Å²) in [5, 5.41) is 0. The molecule has 5 heteroatoms. The number of hydrogen-bond donors (Lipinski definition) is 0. The van der Waals surface area contributed by atoms with E-state index in [9.17, 15) is 13.6 Å². The second-order valence-electron chi connectivity index (χ2n) is 5.37. The quantitative estimate of drug-likeness (QED) is 0.817. The summed E-state index contributed by atoms with van der Waals surface area (Å²) >= 11 is 0. The van der Waals surface area contributed by atoms with E-state index in [1.54, 1.807) is 24.4 Å². The lowest BCUT2D eigenvalue weighted by molar-refractivity contribution is 0.0419. The second kappa shape index (κ2) is 5.93. The van der Waals surface area contributed by atoms with E-state index < -0.39 is 17.0 Å². The minimum Gasteiger partial charge on any atom is -0.381 e. The standard InChI is InChI=1S/C17H15F2NO2/c18-13-5-4-12(11-14(13)19)17(6-9-22-10-7-17)16(21)15-3-1-2-8-20-15/h1-5,8,11H,6-7,9-10H2. The Labute approximate surface area is 126 Å². The first kappa shape index (κ1) is 14.8. The number of carbonyl (C=O) groups excluding carboxylic acids is 1. The molecule has 1 aromatic heterocycles. The van der Waals surface area contributed by atoms with Crippen molar-refractivity contribution in [1.29, 1.82) is 0 Å². The molecule has 0 N–H and O–H groups in total. The number of benzene rings is 1. The third-order valence-electron chi connectivity index (χ3n) is 4.15. The van der Waals surface area contributed by atoms with Gasteiger partial charge in [0.05, 0.1) is 5.41 Å². The number of hydrogen-bond acceptors (Lipinski definition) is 3. The fourth-order valence-corrected chi connectivity index (χ4v) is 2.90. The summed E-state index contributed by atoms with van der Waals surface area (Å²) in [5.74, 6) is -2.05. The summed E-state index contributed by atoms with van der Waals surface area (Å²) in [5.41, 5.74) is -0.110. The van der Waals surface area contributed by atoms with Gasteiger partial charge in [-0.3, -0.25) is 9.78 Å². The molecule has 0 amide bonds. The van der Waals surface area contributed by atoms with Gasteiger partial charge in [0.15, 0.2) is 17.4 Å². The second-order valence-corrected chi connectivity index (χ2v) is 5.37. The van der Waals surface area contributed by atoms with Crippen LogP contribution in [-0.2, 0) is 10.2 Å². The van der Waals surface area contributed by atoms with Crippen molar-refractivity contribution in [2.45, 2.75) is 18.3 Å². The topological polar surface area (TPSA) is 39.2 Å². The number of ether oxygens (including phenoxy) is 1. The van der Waals surface area contributed by atoms with Gasteiger partial charge in [-0.25, -0.2) is 8.78 Å². The molecule has 1 aliphatic heterocycles. The highest BCUT2D eigenvalue weighted by Crippen LogP contribution is 2.38. The van der Waals surface area contributed by atoms with Gasteiger partial charge in [0.25, 0.3) is 0 Å². The number of halogens is 2. The number of ketones is 1. The molecule has 3 nitrogen and oxygen atoms in total. The summed E-state index contributed by atoms with van der Waals surface area (Å²) in [4.78, 5) is 17.1. The fourth-order valence-electron chi connectivity index (χ4n) is 2.90. The highest BCUT2D eigenvalue weighted by atomic mass is 19.2. The summed E-state index contributed by atoms with van der Waals surface area (Å²) in [6.45, 7) is 0.801. The lowest BCUT2D eigenvalue weighted by Gasteiger charge is -2.36. The van der Waals surface area contributed by atoms with E-state index in [0.29, 0.717) is 37.3 Å². The van der Waals surface area contributed by atoms with Crippen LogP contribution in [0.5, 0.6) is 0 Å². The maximum Gasteiger partial charge on any atom is 0.191 e. The monoisotopic (exact) mass is 303 g/mol. The van der Waals surface area contributed by atoms with Crippen molar-refractivity contribution >= 4 is 5.78 Å². The smallest absolute Gasteiger partial charge is 0.191 e. The number of aromatic nitrogens is 1. The molecule has 1 aliphatic rings. The average Bonchev–Trinajstić information content (AvgIpc) is 2.58. The van der Waals surface area contributed by atoms with Crippen molar-refractivity contribution in [3.8, 4) is 0 Å². The lowest BCUT2D eigenvalue weighted by Crippen LogP contribution is -2.42. The molecule has 2 heterocycles. The largest absolute Gasteiger partial charge is 0.381 e. The Hall–Kier alpha value is -2.14. The van der Waals surface area contributed by atoms with Crippen molar-refractivity contribution in [2.75, 3.05) is 13.2 Å². The zero-order chi connectivity index (χ0) is 15.6. The predicted octanol–water partition coefficient (Wildman–Crippen LogP) is 3.29. The molecule has 1 fully saturated rings. The zero-order valence-corrected chi connectivity index (χ0v) is 11.9. The van der Waals surface area contributed by atoms with Gasteiger partial charge >= 0.3 is 0 Å². The normalized spacial score (nSPS) is 17.2. The SMILES string of the molecule is O=C(c1ccccn1)C1(c2ccc(F)c(F)c2)CCOCC1. The van der Waals surface area contributed by atoms with Gasteiger partial charge in [-0.1, -0.05) is 12.1 Å². The van der Waals surface area contributed by atoms with Crippen LogP contribution in [0.1, 0.15) is 28.9 Å². The molecule has 114 valence electrons. The van der Waals surface area contributed by atoms with E-state index in [1.165, 1.54) is 6.07 Å². The van der Waals surface area contributed by atoms with Crippen molar-refractivity contribution in [3.63, 3.8) is 0 Å². The number of pyridine rings is 1. The van der Waals surface area contributed by atoms with E-state index >= 15 is 0 Å². The molecule has 1 aromatic carbocycles. The molecule has 2 aromatic rings. The Kier molecular flexibility index (Phi) is 3.98. The van der Waals surface area contributed by atoms with Crippen LogP contribution < -0.4 is 0 Å². The van der Waals surface area contributed by atoms with Gasteiger partial charge in [0.2, 0.25) is 0 Å². The predicted molar refractivity (Wildman–Crippen MR) is 76.7 cm³/mol. The number of carbonyl (C=O) groups is 1. The van der Waals surface area contributed by atoms with E-state index in [1.807, 2.05) is 0 Å². The zero-order valence-electron chi connectivity index (χ0n) is 11.9. The third-order valence-corrected chi connectivity index (χ3v) is 4.15. The van der Waals surface area contributed by atoms with Gasteiger partial charge < -0.3 is 4.74 Å². The van der Waals surface area contributed by atoms with E-state index in [0.717, 1.165) is 12.1 Å². The van der Waals surface area contributed by atoms with Crippen LogP contribution >= 0.6 is 0 Å². The Morgan fingerprint density at radius 1 is 1.09 bits per heavy atom. The van der Waals surface area contributed by atoms with Crippen LogP contribution in [0.25, 0.3) is 0 Å². The van der Waals surface area contributed by atoms with Crippen molar-refractivity contribution in [1.82, 2.24) is 4.98 Å². The van der Waals surface area contributed by atoms with E-state index in [2.05, 4.69) is 4.98 Å². The van der Waals surface area contributed by atoms with Crippen molar-refractivity contribution in [2.24, 2.45) is 0 Å². The highest BCUT2D eigenvalue weighted by Gasteiger charge is 2.42. The van der Waals surface area contributed by atoms with E-state index in [-0.39, 0.29) is 5.78 Å². The van der Waals surface area contributed by atoms with Gasteiger partial charge in [-0.2, -0.15) is 0 Å². The minimum absolute atomic E-state index is 0.178. The first-order valence-corrected chi connectivity index (χ1v) is 7.13. The molecule has 3 rings (SSSR count). The van der Waals surface area contributed by atoms with Crippen LogP contribution in [0, 0.1) is 11.6 Å². The molecule has 0 radical (unpaired) electrons. The molecule has 0 aliphatic carbocycles. The molecule has 0 saturated carbocycles. The summed E-state index contributed by atoms with van der Waals surface area (Å²) in [6, 6.07) is 8.75. The molecule has 0 unspecified atom stereocenters. The molecule has 0 spiro atoms. The van der Waals surface area contributed by atoms with Crippen LogP contribution in [0.2, 0.25) is 0 Å². The van der Waals surface area contributed by atoms with E-state index in [4.69, 9.17) is 4.74 Å². The molecule has 0 bridgehead atoms. The minimum atomic E-state index is -0.947. The molecule has 22 heavy (non-hydrogen) atoms. The van der Waals surface area contributed by atoms with Gasteiger partial charge in [-0.05, 0) is 42.7 Å². The first-order valence-electron chi connectivity index (χ1n) is 7.13. The Morgan fingerprint density at radius 3 is 2.50 bits per heavy atom. The van der Waals surface area contributed by atoms with Gasteiger partial charge in [0.1, 0.15) is 5.69 Å². The average molecular weight is 303 g/mol. The fraction of sp³-hybridized carbons (Fsp3) is 0.294. The number of rotatable bonds is 3. The molecule has 1 saturated heterocycles. The maximum absolute atomic E-state index is 13.6. The van der Waals surface area contributed by atoms with Crippen molar-refractivity contribution < 1.29 is 18.3 Å². The molecular formula is C17H15F2NO2. The molecule has 0 atom stereocenters. The van der Waals surface area contributed by atoms with Gasteiger partial charge in [0, 0.05) is 19.4 Å². The maximum atomic E-state index is 13.6.